The fourth-order valence-electron chi connectivity index (χ4n) is 0.928. The summed E-state index contributed by atoms with van der Waals surface area (Å²) in [6.45, 7) is 1.93. The van der Waals surface area contributed by atoms with Gasteiger partial charge in [-0.1, -0.05) is 12.2 Å². The fraction of sp³-hybridized carbons (Fsp3) is 0.200. The first kappa shape index (κ1) is 8.65. The first-order valence-corrected chi connectivity index (χ1v) is 3.69. The molecule has 0 aliphatic heterocycles. The molecule has 0 fully saturated rings. The summed E-state index contributed by atoms with van der Waals surface area (Å²) in [5.41, 5.74) is 0.965. The largest absolute Gasteiger partial charge is 0.504 e. The number of phenolic OH excluding ortho intramolecular Hbond substituents is 1. The SMILES string of the molecule is C/C=C\c1c[c]c(O)c(OC)c1. The molecule has 1 rings (SSSR count). The molecule has 0 aromatic heterocycles. The van der Waals surface area contributed by atoms with Gasteiger partial charge in [0.05, 0.1) is 7.11 Å². The van der Waals surface area contributed by atoms with Crippen LogP contribution in [0.4, 0.5) is 0 Å². The van der Waals surface area contributed by atoms with Crippen molar-refractivity contribution < 1.29 is 9.84 Å². The Hall–Kier alpha value is -1.44. The summed E-state index contributed by atoms with van der Waals surface area (Å²) in [6.07, 6.45) is 3.83. The first-order valence-electron chi connectivity index (χ1n) is 3.69. The monoisotopic (exact) mass is 163 g/mol. The molecular formula is C10H11O2. The molecule has 0 amide bonds. The number of aromatic hydroxyl groups is 1. The third kappa shape index (κ3) is 1.78. The normalized spacial score (nSPS) is 10.5. The van der Waals surface area contributed by atoms with Gasteiger partial charge >= 0.3 is 0 Å². The second kappa shape index (κ2) is 3.81. The summed E-state index contributed by atoms with van der Waals surface area (Å²) in [4.78, 5) is 0. The maximum atomic E-state index is 9.20. The maximum Gasteiger partial charge on any atom is 0.165 e. The molecule has 0 saturated carbocycles. The Bertz CT molecular complexity index is 290. The Morgan fingerprint density at radius 3 is 2.92 bits per heavy atom. The van der Waals surface area contributed by atoms with Crippen LogP contribution in [0.2, 0.25) is 0 Å². The van der Waals surface area contributed by atoms with Crippen molar-refractivity contribution >= 4 is 6.08 Å². The minimum absolute atomic E-state index is 0.0470. The van der Waals surface area contributed by atoms with Crippen molar-refractivity contribution in [2.45, 2.75) is 6.92 Å². The van der Waals surface area contributed by atoms with Crippen LogP contribution in [0.1, 0.15) is 12.5 Å². The molecule has 0 aliphatic carbocycles. The molecule has 0 unspecified atom stereocenters. The van der Waals surface area contributed by atoms with Crippen molar-refractivity contribution in [1.82, 2.24) is 0 Å². The average Bonchev–Trinajstić information content (AvgIpc) is 2.09. The lowest BCUT2D eigenvalue weighted by Crippen LogP contribution is -1.84. The van der Waals surface area contributed by atoms with E-state index in [-0.39, 0.29) is 5.75 Å². The van der Waals surface area contributed by atoms with Gasteiger partial charge in [-0.15, -0.1) is 0 Å². The highest BCUT2D eigenvalue weighted by molar-refractivity contribution is 5.54. The Morgan fingerprint density at radius 2 is 2.33 bits per heavy atom. The minimum atomic E-state index is 0.0470. The molecule has 1 radical (unpaired) electrons. The molecule has 0 aliphatic rings. The summed E-state index contributed by atoms with van der Waals surface area (Å²) in [6, 6.07) is 6.15. The molecule has 1 aromatic carbocycles. The molecule has 0 spiro atoms. The second-order valence-electron chi connectivity index (χ2n) is 2.35. The van der Waals surface area contributed by atoms with Crippen molar-refractivity contribution in [3.8, 4) is 11.5 Å². The van der Waals surface area contributed by atoms with Crippen LogP contribution in [0.3, 0.4) is 0 Å². The molecule has 0 heterocycles. The zero-order valence-corrected chi connectivity index (χ0v) is 7.16. The van der Waals surface area contributed by atoms with Crippen molar-refractivity contribution in [3.63, 3.8) is 0 Å². The lowest BCUT2D eigenvalue weighted by atomic mass is 10.2. The Kier molecular flexibility index (Phi) is 2.75. The van der Waals surface area contributed by atoms with Crippen LogP contribution in [0.5, 0.6) is 11.5 Å². The molecular weight excluding hydrogens is 152 g/mol. The topological polar surface area (TPSA) is 29.5 Å². The van der Waals surface area contributed by atoms with Gasteiger partial charge in [-0.3, -0.25) is 0 Å². The Morgan fingerprint density at radius 1 is 1.58 bits per heavy atom. The van der Waals surface area contributed by atoms with Gasteiger partial charge in [-0.2, -0.15) is 0 Å². The van der Waals surface area contributed by atoms with Crippen LogP contribution in [0.25, 0.3) is 6.08 Å². The van der Waals surface area contributed by atoms with E-state index in [4.69, 9.17) is 4.74 Å². The molecule has 2 nitrogen and oxygen atoms in total. The smallest absolute Gasteiger partial charge is 0.165 e. The van der Waals surface area contributed by atoms with Gasteiger partial charge in [0.2, 0.25) is 0 Å². The molecule has 12 heavy (non-hydrogen) atoms. The number of methoxy groups -OCH3 is 1. The number of phenols is 1. The van der Waals surface area contributed by atoms with Crippen LogP contribution in [-0.4, -0.2) is 12.2 Å². The molecule has 1 N–H and O–H groups in total. The molecule has 63 valence electrons. The van der Waals surface area contributed by atoms with E-state index in [0.29, 0.717) is 5.75 Å². The van der Waals surface area contributed by atoms with Crippen molar-refractivity contribution in [3.05, 3.63) is 29.8 Å². The van der Waals surface area contributed by atoms with E-state index in [0.717, 1.165) is 5.56 Å². The summed E-state index contributed by atoms with van der Waals surface area (Å²) in [5, 5.41) is 9.20. The van der Waals surface area contributed by atoms with E-state index >= 15 is 0 Å². The van der Waals surface area contributed by atoms with E-state index in [2.05, 4.69) is 6.07 Å². The van der Waals surface area contributed by atoms with Gasteiger partial charge in [0, 0.05) is 6.07 Å². The number of allylic oxidation sites excluding steroid dienone is 1. The molecule has 0 saturated heterocycles. The fourth-order valence-corrected chi connectivity index (χ4v) is 0.928. The van der Waals surface area contributed by atoms with Crippen LogP contribution in [0, 0.1) is 6.07 Å². The third-order valence-electron chi connectivity index (χ3n) is 1.49. The summed E-state index contributed by atoms with van der Waals surface area (Å²) in [5.74, 6) is 0.497. The standard InChI is InChI=1S/C10H11O2/c1-3-4-8-5-6-9(11)10(7-8)12-2/h3-5,7,11H,1-2H3/b4-3-. The van der Waals surface area contributed by atoms with Crippen LogP contribution >= 0.6 is 0 Å². The van der Waals surface area contributed by atoms with E-state index in [9.17, 15) is 5.11 Å². The molecule has 0 atom stereocenters. The predicted molar refractivity (Wildman–Crippen MR) is 48.2 cm³/mol. The number of benzene rings is 1. The summed E-state index contributed by atoms with van der Waals surface area (Å²) in [7, 11) is 1.52. The molecule has 2 heteroatoms. The van der Waals surface area contributed by atoms with Gasteiger partial charge in [0.25, 0.3) is 0 Å². The maximum absolute atomic E-state index is 9.20. The summed E-state index contributed by atoms with van der Waals surface area (Å²) >= 11 is 0. The van der Waals surface area contributed by atoms with Gasteiger partial charge in [-0.05, 0) is 24.6 Å². The molecule has 1 aromatic rings. The predicted octanol–water partition coefficient (Wildman–Crippen LogP) is 2.23. The van der Waals surface area contributed by atoms with Crippen LogP contribution in [0.15, 0.2) is 18.2 Å². The number of rotatable bonds is 2. The van der Waals surface area contributed by atoms with E-state index in [1.807, 2.05) is 19.1 Å². The van der Waals surface area contributed by atoms with Crippen LogP contribution < -0.4 is 4.74 Å². The van der Waals surface area contributed by atoms with E-state index in [1.165, 1.54) is 7.11 Å². The van der Waals surface area contributed by atoms with Crippen LogP contribution in [-0.2, 0) is 0 Å². The minimum Gasteiger partial charge on any atom is -0.504 e. The van der Waals surface area contributed by atoms with E-state index in [1.54, 1.807) is 12.1 Å². The van der Waals surface area contributed by atoms with Gasteiger partial charge in [0.15, 0.2) is 11.5 Å². The number of hydrogen-bond acceptors (Lipinski definition) is 2. The molecule has 0 bridgehead atoms. The second-order valence-corrected chi connectivity index (χ2v) is 2.35. The summed E-state index contributed by atoms with van der Waals surface area (Å²) < 4.78 is 4.92. The third-order valence-corrected chi connectivity index (χ3v) is 1.49. The number of ether oxygens (including phenoxy) is 1. The first-order chi connectivity index (χ1) is 5.77. The Labute approximate surface area is 72.1 Å². The highest BCUT2D eigenvalue weighted by Gasteiger charge is 1.99. The van der Waals surface area contributed by atoms with Crippen molar-refractivity contribution in [2.24, 2.45) is 0 Å². The van der Waals surface area contributed by atoms with Gasteiger partial charge in [0.1, 0.15) is 0 Å². The van der Waals surface area contributed by atoms with Crippen molar-refractivity contribution in [2.75, 3.05) is 7.11 Å². The highest BCUT2D eigenvalue weighted by atomic mass is 16.5. The van der Waals surface area contributed by atoms with Crippen molar-refractivity contribution in [1.29, 1.82) is 0 Å². The van der Waals surface area contributed by atoms with Gasteiger partial charge in [-0.25, -0.2) is 0 Å². The average molecular weight is 163 g/mol. The zero-order valence-electron chi connectivity index (χ0n) is 7.16. The van der Waals surface area contributed by atoms with Gasteiger partial charge < -0.3 is 9.84 Å². The quantitative estimate of drug-likeness (QED) is 0.724. The zero-order chi connectivity index (χ0) is 8.97. The lowest BCUT2D eigenvalue weighted by Gasteiger charge is -2.02. The highest BCUT2D eigenvalue weighted by Crippen LogP contribution is 2.25. The Balaban J connectivity index is 3.05. The lowest BCUT2D eigenvalue weighted by molar-refractivity contribution is 0.373. The van der Waals surface area contributed by atoms with E-state index < -0.39 is 0 Å². The number of hydrogen-bond donors (Lipinski definition) is 1.